The number of carbonyl (C=O) groups is 2. The van der Waals surface area contributed by atoms with E-state index >= 15 is 0 Å². The Morgan fingerprint density at radius 2 is 1.86 bits per heavy atom. The number of hydrogen-bond donors (Lipinski definition) is 1. The van der Waals surface area contributed by atoms with Crippen LogP contribution in [0, 0.1) is 0 Å². The number of nitrogens with zero attached hydrogens (tertiary/aromatic N) is 2. The van der Waals surface area contributed by atoms with Crippen molar-refractivity contribution >= 4 is 29.1 Å². The number of rotatable bonds is 6. The molecule has 0 unspecified atom stereocenters. The quantitative estimate of drug-likeness (QED) is 0.499. The van der Waals surface area contributed by atoms with Gasteiger partial charge < -0.3 is 19.2 Å². The Balaban J connectivity index is 1.42. The summed E-state index contributed by atoms with van der Waals surface area (Å²) < 4.78 is 16.1. The zero-order valence-electron chi connectivity index (χ0n) is 14.8. The topological polar surface area (TPSA) is 104 Å². The molecule has 0 saturated carbocycles. The van der Waals surface area contributed by atoms with Gasteiger partial charge in [0.15, 0.2) is 17.3 Å². The van der Waals surface area contributed by atoms with Crippen molar-refractivity contribution in [2.24, 2.45) is 0 Å². The molecule has 1 aromatic heterocycles. The van der Waals surface area contributed by atoms with E-state index in [1.165, 1.54) is 6.92 Å². The Kier molecular flexibility index (Phi) is 4.98. The third kappa shape index (κ3) is 3.84. The molecule has 1 aliphatic rings. The number of ketones is 1. The van der Waals surface area contributed by atoms with Gasteiger partial charge in [-0.05, 0) is 25.1 Å². The van der Waals surface area contributed by atoms with Crippen molar-refractivity contribution in [2.45, 2.75) is 12.1 Å². The van der Waals surface area contributed by atoms with E-state index < -0.39 is 0 Å². The Morgan fingerprint density at radius 3 is 2.61 bits per heavy atom. The molecule has 0 atom stereocenters. The minimum Gasteiger partial charge on any atom is -0.454 e. The van der Waals surface area contributed by atoms with Gasteiger partial charge in [0.25, 0.3) is 5.22 Å². The molecule has 28 heavy (non-hydrogen) atoms. The van der Waals surface area contributed by atoms with E-state index in [4.69, 9.17) is 13.9 Å². The van der Waals surface area contributed by atoms with Gasteiger partial charge in [0.2, 0.25) is 18.6 Å². The summed E-state index contributed by atoms with van der Waals surface area (Å²) in [6.07, 6.45) is 0. The number of Topliss-reactive ketones (excluding diaryl/α,β-unsaturated/α-hetero) is 1. The van der Waals surface area contributed by atoms with Crippen LogP contribution < -0.4 is 14.8 Å². The van der Waals surface area contributed by atoms with E-state index in [-0.39, 0.29) is 29.5 Å². The van der Waals surface area contributed by atoms with Gasteiger partial charge in [-0.3, -0.25) is 9.59 Å². The summed E-state index contributed by atoms with van der Waals surface area (Å²) >= 11 is 1.11. The minimum atomic E-state index is -0.314. The fourth-order valence-electron chi connectivity index (χ4n) is 2.62. The second-order valence-corrected chi connectivity index (χ2v) is 6.81. The number of nitrogens with one attached hydrogen (secondary N) is 1. The molecule has 0 bridgehead atoms. The van der Waals surface area contributed by atoms with Gasteiger partial charge >= 0.3 is 0 Å². The normalized spacial score (nSPS) is 12.0. The van der Waals surface area contributed by atoms with Crippen molar-refractivity contribution in [3.63, 3.8) is 0 Å². The van der Waals surface area contributed by atoms with Crippen LogP contribution in [0.3, 0.4) is 0 Å². The third-order valence-electron chi connectivity index (χ3n) is 3.92. The maximum Gasteiger partial charge on any atom is 0.277 e. The summed E-state index contributed by atoms with van der Waals surface area (Å²) in [5.41, 5.74) is 1.53. The first-order valence-corrected chi connectivity index (χ1v) is 9.35. The molecule has 9 heteroatoms. The Morgan fingerprint density at radius 1 is 1.11 bits per heavy atom. The van der Waals surface area contributed by atoms with Crippen LogP contribution in [0.1, 0.15) is 17.3 Å². The fourth-order valence-corrected chi connectivity index (χ4v) is 3.18. The van der Waals surface area contributed by atoms with E-state index in [1.807, 2.05) is 30.3 Å². The van der Waals surface area contributed by atoms with E-state index in [0.717, 1.165) is 17.3 Å². The van der Waals surface area contributed by atoms with Crippen molar-refractivity contribution < 1.29 is 23.5 Å². The van der Waals surface area contributed by atoms with Crippen LogP contribution in [0.2, 0.25) is 0 Å². The monoisotopic (exact) mass is 397 g/mol. The van der Waals surface area contributed by atoms with Crippen LogP contribution in [0.25, 0.3) is 11.5 Å². The Labute approximate surface area is 164 Å². The van der Waals surface area contributed by atoms with Gasteiger partial charge in [-0.1, -0.05) is 30.0 Å². The third-order valence-corrected chi connectivity index (χ3v) is 4.74. The summed E-state index contributed by atoms with van der Waals surface area (Å²) in [5, 5.41) is 10.9. The maximum absolute atomic E-state index is 12.3. The standard InChI is InChI=1S/C19H15N3O5S/c1-11(23)13-7-15-16(26-10-25-15)8-14(13)20-17(24)9-28-19-22-21-18(27-19)12-5-3-2-4-6-12/h2-8H,9-10H2,1H3,(H,20,24). The highest BCUT2D eigenvalue weighted by molar-refractivity contribution is 7.99. The van der Waals surface area contributed by atoms with Gasteiger partial charge in [-0.2, -0.15) is 0 Å². The average Bonchev–Trinajstić information content (AvgIpc) is 3.35. The SMILES string of the molecule is CC(=O)c1cc2c(cc1NC(=O)CSc1nnc(-c3ccccc3)o1)OCO2. The molecule has 8 nitrogen and oxygen atoms in total. The molecular weight excluding hydrogens is 382 g/mol. The zero-order chi connectivity index (χ0) is 19.5. The van der Waals surface area contributed by atoms with Crippen molar-refractivity contribution in [3.8, 4) is 23.0 Å². The van der Waals surface area contributed by atoms with Crippen LogP contribution in [-0.2, 0) is 4.79 Å². The van der Waals surface area contributed by atoms with E-state index in [2.05, 4.69) is 15.5 Å². The lowest BCUT2D eigenvalue weighted by Gasteiger charge is -2.10. The molecule has 0 fully saturated rings. The summed E-state index contributed by atoms with van der Waals surface area (Å²) in [5.74, 6) is 0.895. The minimum absolute atomic E-state index is 0.0439. The Hall–Kier alpha value is -3.33. The highest BCUT2D eigenvalue weighted by Gasteiger charge is 2.20. The molecule has 2 aromatic carbocycles. The number of aromatic nitrogens is 2. The molecule has 1 aliphatic heterocycles. The van der Waals surface area contributed by atoms with Crippen LogP contribution in [0.4, 0.5) is 5.69 Å². The molecule has 0 saturated heterocycles. The second-order valence-electron chi connectivity index (χ2n) is 5.88. The van der Waals surface area contributed by atoms with Crippen molar-refractivity contribution in [2.75, 3.05) is 17.9 Å². The predicted molar refractivity (Wildman–Crippen MR) is 102 cm³/mol. The molecule has 0 aliphatic carbocycles. The maximum atomic E-state index is 12.3. The summed E-state index contributed by atoms with van der Waals surface area (Å²) in [6, 6.07) is 12.5. The number of ether oxygens (including phenoxy) is 2. The molecule has 0 radical (unpaired) electrons. The van der Waals surface area contributed by atoms with Gasteiger partial charge in [-0.25, -0.2) is 0 Å². The van der Waals surface area contributed by atoms with E-state index in [1.54, 1.807) is 12.1 Å². The summed E-state index contributed by atoms with van der Waals surface area (Å²) in [6.45, 7) is 1.51. The number of thioether (sulfide) groups is 1. The zero-order valence-corrected chi connectivity index (χ0v) is 15.6. The number of carbonyl (C=O) groups excluding carboxylic acids is 2. The molecule has 0 spiro atoms. The van der Waals surface area contributed by atoms with E-state index in [0.29, 0.717) is 28.6 Å². The summed E-state index contributed by atoms with van der Waals surface area (Å²) in [7, 11) is 0. The average molecular weight is 397 g/mol. The summed E-state index contributed by atoms with van der Waals surface area (Å²) in [4.78, 5) is 24.2. The number of hydrogen-bond acceptors (Lipinski definition) is 8. The van der Waals surface area contributed by atoms with Gasteiger partial charge in [0, 0.05) is 17.2 Å². The molecule has 3 aromatic rings. The van der Waals surface area contributed by atoms with Crippen molar-refractivity contribution in [1.82, 2.24) is 10.2 Å². The molecule has 4 rings (SSSR count). The van der Waals surface area contributed by atoms with Gasteiger partial charge in [-0.15, -0.1) is 10.2 Å². The van der Waals surface area contributed by atoms with Crippen LogP contribution in [0.5, 0.6) is 11.5 Å². The number of fused-ring (bicyclic) bond motifs is 1. The number of anilines is 1. The molecular formula is C19H15N3O5S. The predicted octanol–water partition coefficient (Wildman–Crippen LogP) is 3.40. The van der Waals surface area contributed by atoms with E-state index in [9.17, 15) is 9.59 Å². The molecule has 2 heterocycles. The highest BCUT2D eigenvalue weighted by Crippen LogP contribution is 2.37. The smallest absolute Gasteiger partial charge is 0.277 e. The number of amides is 1. The lowest BCUT2D eigenvalue weighted by molar-refractivity contribution is -0.113. The Bertz CT molecular complexity index is 1040. The van der Waals surface area contributed by atoms with Crippen LogP contribution in [0.15, 0.2) is 52.1 Å². The lowest BCUT2D eigenvalue weighted by Crippen LogP contribution is -2.16. The lowest BCUT2D eigenvalue weighted by atomic mass is 10.1. The largest absolute Gasteiger partial charge is 0.454 e. The highest BCUT2D eigenvalue weighted by atomic mass is 32.2. The first kappa shape index (κ1) is 18.1. The van der Waals surface area contributed by atoms with Gasteiger partial charge in [0.05, 0.1) is 11.4 Å². The van der Waals surface area contributed by atoms with Gasteiger partial charge in [0.1, 0.15) is 0 Å². The number of benzene rings is 2. The molecule has 1 N–H and O–H groups in total. The fraction of sp³-hybridized carbons (Fsp3) is 0.158. The van der Waals surface area contributed by atoms with Crippen molar-refractivity contribution in [3.05, 3.63) is 48.0 Å². The van der Waals surface area contributed by atoms with Crippen molar-refractivity contribution in [1.29, 1.82) is 0 Å². The molecule has 1 amide bonds. The first-order valence-electron chi connectivity index (χ1n) is 8.36. The first-order chi connectivity index (χ1) is 13.6. The second kappa shape index (κ2) is 7.73. The van der Waals surface area contributed by atoms with Crippen LogP contribution >= 0.6 is 11.8 Å². The molecule has 142 valence electrons. The van der Waals surface area contributed by atoms with Crippen LogP contribution in [-0.4, -0.2) is 34.4 Å².